The zero-order chi connectivity index (χ0) is 14.8. The monoisotopic (exact) mass is 302 g/mol. The molecule has 3 heteroatoms. The maximum atomic E-state index is 13.8. The van der Waals surface area contributed by atoms with Crippen molar-refractivity contribution in [2.24, 2.45) is 0 Å². The second-order valence-electron chi connectivity index (χ2n) is 5.49. The molecule has 0 radical (unpaired) electrons. The highest BCUT2D eigenvalue weighted by Crippen LogP contribution is 2.33. The largest absolute Gasteiger partial charge is 0.299 e. The fraction of sp³-hybridized carbons (Fsp3) is 0.278. The van der Waals surface area contributed by atoms with Gasteiger partial charge in [-0.15, -0.1) is 0 Å². The molecular weight excluding hydrogens is 287 g/mol. The number of benzene rings is 2. The molecule has 1 atom stereocenters. The molecular formula is C18H16ClFO. The van der Waals surface area contributed by atoms with Crippen LogP contribution in [0.5, 0.6) is 0 Å². The van der Waals surface area contributed by atoms with Crippen LogP contribution in [0.15, 0.2) is 42.5 Å². The van der Waals surface area contributed by atoms with Gasteiger partial charge in [0.1, 0.15) is 11.6 Å². The van der Waals surface area contributed by atoms with E-state index in [1.54, 1.807) is 12.1 Å². The lowest BCUT2D eigenvalue weighted by atomic mass is 9.79. The van der Waals surface area contributed by atoms with Gasteiger partial charge in [0, 0.05) is 22.9 Å². The first-order valence-corrected chi connectivity index (χ1v) is 7.58. The van der Waals surface area contributed by atoms with Gasteiger partial charge in [-0.1, -0.05) is 41.9 Å². The lowest BCUT2D eigenvalue weighted by molar-refractivity contribution is -0.120. The molecule has 108 valence electrons. The van der Waals surface area contributed by atoms with Gasteiger partial charge in [0.25, 0.3) is 0 Å². The molecule has 0 spiro atoms. The summed E-state index contributed by atoms with van der Waals surface area (Å²) in [5, 5.41) is 0.326. The van der Waals surface area contributed by atoms with E-state index in [9.17, 15) is 9.18 Å². The zero-order valence-electron chi connectivity index (χ0n) is 11.6. The number of hydrogen-bond acceptors (Lipinski definition) is 1. The van der Waals surface area contributed by atoms with Crippen LogP contribution in [0.2, 0.25) is 5.02 Å². The van der Waals surface area contributed by atoms with Gasteiger partial charge in [-0.3, -0.25) is 4.79 Å². The molecule has 0 N–H and O–H groups in total. The van der Waals surface area contributed by atoms with E-state index in [-0.39, 0.29) is 18.1 Å². The molecule has 1 aliphatic rings. The van der Waals surface area contributed by atoms with Crippen LogP contribution >= 0.6 is 11.6 Å². The first-order chi connectivity index (χ1) is 10.2. The van der Waals surface area contributed by atoms with Crippen molar-refractivity contribution >= 4 is 17.4 Å². The average Bonchev–Trinajstić information content (AvgIpc) is 2.50. The summed E-state index contributed by atoms with van der Waals surface area (Å²) in [6.07, 6.45) is 2.91. The predicted molar refractivity (Wildman–Crippen MR) is 82.2 cm³/mol. The van der Waals surface area contributed by atoms with Crippen LogP contribution < -0.4 is 0 Å². The van der Waals surface area contributed by atoms with Crippen molar-refractivity contribution in [1.29, 1.82) is 0 Å². The fourth-order valence-electron chi connectivity index (χ4n) is 3.09. The van der Waals surface area contributed by atoms with E-state index in [4.69, 9.17) is 11.6 Å². The van der Waals surface area contributed by atoms with Crippen molar-refractivity contribution < 1.29 is 9.18 Å². The maximum absolute atomic E-state index is 13.8. The van der Waals surface area contributed by atoms with Gasteiger partial charge in [-0.2, -0.15) is 0 Å². The van der Waals surface area contributed by atoms with Crippen LogP contribution in [0, 0.1) is 5.82 Å². The number of hydrogen-bond donors (Lipinski definition) is 0. The third-order valence-electron chi connectivity index (χ3n) is 4.17. The molecule has 0 fully saturated rings. The summed E-state index contributed by atoms with van der Waals surface area (Å²) in [7, 11) is 0. The number of carbonyl (C=O) groups excluding carboxylic acids is 1. The summed E-state index contributed by atoms with van der Waals surface area (Å²) in [4.78, 5) is 12.6. The SMILES string of the molecule is O=C(Cc1c(F)cccc1Cl)C1CCCc2ccccc21. The minimum Gasteiger partial charge on any atom is -0.299 e. The van der Waals surface area contributed by atoms with E-state index >= 15 is 0 Å². The van der Waals surface area contributed by atoms with Crippen LogP contribution in [-0.2, 0) is 17.6 Å². The second kappa shape index (κ2) is 5.98. The third-order valence-corrected chi connectivity index (χ3v) is 4.52. The molecule has 0 aliphatic heterocycles. The number of halogens is 2. The molecule has 3 rings (SSSR count). The van der Waals surface area contributed by atoms with E-state index < -0.39 is 5.82 Å². The second-order valence-corrected chi connectivity index (χ2v) is 5.89. The van der Waals surface area contributed by atoms with Gasteiger partial charge < -0.3 is 0 Å². The molecule has 0 heterocycles. The summed E-state index contributed by atoms with van der Waals surface area (Å²) >= 11 is 6.02. The van der Waals surface area contributed by atoms with Crippen LogP contribution in [0.4, 0.5) is 4.39 Å². The quantitative estimate of drug-likeness (QED) is 0.802. The Morgan fingerprint density at radius 3 is 2.81 bits per heavy atom. The summed E-state index contributed by atoms with van der Waals surface area (Å²) < 4.78 is 13.8. The van der Waals surface area contributed by atoms with Crippen molar-refractivity contribution in [3.05, 3.63) is 70.0 Å². The number of Topliss-reactive ketones (excluding diaryl/α,β-unsaturated/α-hetero) is 1. The summed E-state index contributed by atoms with van der Waals surface area (Å²) in [5.74, 6) is -0.486. The number of rotatable bonds is 3. The van der Waals surface area contributed by atoms with Crippen molar-refractivity contribution in [2.45, 2.75) is 31.6 Å². The van der Waals surface area contributed by atoms with Crippen molar-refractivity contribution in [3.8, 4) is 0 Å². The summed E-state index contributed by atoms with van der Waals surface area (Å²) in [6, 6.07) is 12.6. The first kappa shape index (κ1) is 14.3. The first-order valence-electron chi connectivity index (χ1n) is 7.20. The van der Waals surface area contributed by atoms with Crippen LogP contribution in [0.25, 0.3) is 0 Å². The molecule has 0 saturated heterocycles. The standard InChI is InChI=1S/C18H16ClFO/c19-16-9-4-10-17(20)15(16)11-18(21)14-8-3-6-12-5-1-2-7-13(12)14/h1-2,4-5,7,9-10,14H,3,6,8,11H2. The van der Waals surface area contributed by atoms with E-state index in [0.717, 1.165) is 24.8 Å². The van der Waals surface area contributed by atoms with Gasteiger partial charge in [0.2, 0.25) is 0 Å². The highest BCUT2D eigenvalue weighted by Gasteiger charge is 2.27. The predicted octanol–water partition coefficient (Wildman–Crippen LogP) is 4.71. The molecule has 0 saturated carbocycles. The Bertz CT molecular complexity index is 660. The third kappa shape index (κ3) is 2.86. The Balaban J connectivity index is 1.87. The van der Waals surface area contributed by atoms with Crippen LogP contribution in [0.1, 0.15) is 35.4 Å². The summed E-state index contributed by atoms with van der Waals surface area (Å²) in [6.45, 7) is 0. The fourth-order valence-corrected chi connectivity index (χ4v) is 3.32. The number of ketones is 1. The zero-order valence-corrected chi connectivity index (χ0v) is 12.4. The Morgan fingerprint density at radius 1 is 1.19 bits per heavy atom. The lowest BCUT2D eigenvalue weighted by Crippen LogP contribution is -2.20. The smallest absolute Gasteiger partial charge is 0.144 e. The highest BCUT2D eigenvalue weighted by atomic mass is 35.5. The molecule has 1 nitrogen and oxygen atoms in total. The molecule has 0 bridgehead atoms. The lowest BCUT2D eigenvalue weighted by Gasteiger charge is -2.24. The van der Waals surface area contributed by atoms with Gasteiger partial charge in [-0.25, -0.2) is 4.39 Å². The Labute approximate surface area is 128 Å². The Hall–Kier alpha value is -1.67. The van der Waals surface area contributed by atoms with E-state index in [1.807, 2.05) is 18.2 Å². The normalized spacial score (nSPS) is 17.3. The molecule has 0 amide bonds. The number of fused-ring (bicyclic) bond motifs is 1. The van der Waals surface area contributed by atoms with Gasteiger partial charge in [0.05, 0.1) is 0 Å². The molecule has 1 aliphatic carbocycles. The minimum atomic E-state index is -0.403. The van der Waals surface area contributed by atoms with E-state index in [1.165, 1.54) is 11.6 Å². The topological polar surface area (TPSA) is 17.1 Å². The van der Waals surface area contributed by atoms with E-state index in [2.05, 4.69) is 6.07 Å². The van der Waals surface area contributed by atoms with Gasteiger partial charge in [0.15, 0.2) is 0 Å². The molecule has 1 unspecified atom stereocenters. The summed E-state index contributed by atoms with van der Waals surface area (Å²) in [5.41, 5.74) is 2.65. The number of carbonyl (C=O) groups is 1. The van der Waals surface area contributed by atoms with Crippen molar-refractivity contribution in [2.75, 3.05) is 0 Å². The van der Waals surface area contributed by atoms with Crippen molar-refractivity contribution in [3.63, 3.8) is 0 Å². The van der Waals surface area contributed by atoms with E-state index in [0.29, 0.717) is 10.6 Å². The molecule has 0 aromatic heterocycles. The van der Waals surface area contributed by atoms with Gasteiger partial charge >= 0.3 is 0 Å². The van der Waals surface area contributed by atoms with Gasteiger partial charge in [-0.05, 0) is 42.5 Å². The number of aryl methyl sites for hydroxylation is 1. The average molecular weight is 303 g/mol. The Kier molecular flexibility index (Phi) is 4.07. The molecule has 2 aromatic carbocycles. The minimum absolute atomic E-state index is 0.0501. The maximum Gasteiger partial charge on any atom is 0.144 e. The van der Waals surface area contributed by atoms with Crippen LogP contribution in [0.3, 0.4) is 0 Å². The van der Waals surface area contributed by atoms with Crippen LogP contribution in [-0.4, -0.2) is 5.78 Å². The highest BCUT2D eigenvalue weighted by molar-refractivity contribution is 6.31. The Morgan fingerprint density at radius 2 is 2.00 bits per heavy atom. The molecule has 21 heavy (non-hydrogen) atoms. The molecule has 2 aromatic rings. The van der Waals surface area contributed by atoms with Crippen molar-refractivity contribution in [1.82, 2.24) is 0 Å².